The Morgan fingerprint density at radius 1 is 1.50 bits per heavy atom. The highest BCUT2D eigenvalue weighted by Gasteiger charge is 2.23. The minimum absolute atomic E-state index is 0.0119. The molecule has 0 saturated carbocycles. The SMILES string of the molecule is CCCC(CC)Nc1cc(F)c(C(=O)O)cc1[N+](=O)[O-]. The summed E-state index contributed by atoms with van der Waals surface area (Å²) in [5.74, 6) is -2.52. The van der Waals surface area contributed by atoms with Crippen LogP contribution < -0.4 is 5.32 Å². The van der Waals surface area contributed by atoms with Crippen molar-refractivity contribution in [1.82, 2.24) is 0 Å². The largest absolute Gasteiger partial charge is 0.478 e. The van der Waals surface area contributed by atoms with Gasteiger partial charge in [0.1, 0.15) is 17.1 Å². The first-order valence-electron chi connectivity index (χ1n) is 6.38. The van der Waals surface area contributed by atoms with Crippen molar-refractivity contribution in [2.75, 3.05) is 5.32 Å². The lowest BCUT2D eigenvalue weighted by Crippen LogP contribution is -2.19. The fourth-order valence-corrected chi connectivity index (χ4v) is 1.94. The molecule has 1 aromatic rings. The number of carboxylic acids is 1. The van der Waals surface area contributed by atoms with Gasteiger partial charge in [0.15, 0.2) is 0 Å². The van der Waals surface area contributed by atoms with Crippen LogP contribution in [0.25, 0.3) is 0 Å². The van der Waals surface area contributed by atoms with Crippen LogP contribution in [0.2, 0.25) is 0 Å². The van der Waals surface area contributed by atoms with Gasteiger partial charge in [-0.3, -0.25) is 10.1 Å². The zero-order chi connectivity index (χ0) is 15.3. The highest BCUT2D eigenvalue weighted by atomic mass is 19.1. The molecular weight excluding hydrogens is 267 g/mol. The van der Waals surface area contributed by atoms with Crippen LogP contribution in [-0.2, 0) is 0 Å². The van der Waals surface area contributed by atoms with Gasteiger partial charge >= 0.3 is 5.97 Å². The predicted octanol–water partition coefficient (Wildman–Crippen LogP) is 3.42. The van der Waals surface area contributed by atoms with E-state index < -0.39 is 28.0 Å². The number of carbonyl (C=O) groups is 1. The summed E-state index contributed by atoms with van der Waals surface area (Å²) in [6, 6.07) is 1.60. The fourth-order valence-electron chi connectivity index (χ4n) is 1.94. The van der Waals surface area contributed by atoms with E-state index in [1.807, 2.05) is 13.8 Å². The van der Waals surface area contributed by atoms with Gasteiger partial charge in [0.05, 0.1) is 4.92 Å². The number of carboxylic acid groups (broad SMARTS) is 1. The van der Waals surface area contributed by atoms with Gasteiger partial charge in [-0.25, -0.2) is 9.18 Å². The second kappa shape index (κ2) is 6.83. The Morgan fingerprint density at radius 3 is 2.60 bits per heavy atom. The summed E-state index contributed by atoms with van der Waals surface area (Å²) in [5, 5.41) is 22.7. The molecule has 20 heavy (non-hydrogen) atoms. The van der Waals surface area contributed by atoms with Gasteiger partial charge in [-0.15, -0.1) is 0 Å². The Labute approximate surface area is 115 Å². The Hall–Kier alpha value is -2.18. The monoisotopic (exact) mass is 284 g/mol. The Balaban J connectivity index is 3.21. The van der Waals surface area contributed by atoms with Gasteiger partial charge < -0.3 is 10.4 Å². The number of hydrogen-bond donors (Lipinski definition) is 2. The molecule has 0 saturated heterocycles. The third-order valence-electron chi connectivity index (χ3n) is 3.00. The first kappa shape index (κ1) is 15.9. The molecule has 0 aliphatic carbocycles. The normalized spacial score (nSPS) is 11.9. The van der Waals surface area contributed by atoms with Crippen molar-refractivity contribution in [1.29, 1.82) is 0 Å². The van der Waals surface area contributed by atoms with E-state index in [4.69, 9.17) is 5.11 Å². The van der Waals surface area contributed by atoms with Gasteiger partial charge in [0.2, 0.25) is 0 Å². The van der Waals surface area contributed by atoms with E-state index in [9.17, 15) is 19.3 Å². The number of anilines is 1. The minimum Gasteiger partial charge on any atom is -0.478 e. The Bertz CT molecular complexity index is 519. The van der Waals surface area contributed by atoms with Crippen molar-refractivity contribution in [3.63, 3.8) is 0 Å². The van der Waals surface area contributed by atoms with Crippen LogP contribution >= 0.6 is 0 Å². The van der Waals surface area contributed by atoms with E-state index in [-0.39, 0.29) is 11.7 Å². The summed E-state index contributed by atoms with van der Waals surface area (Å²) in [5.41, 5.74) is -1.12. The van der Waals surface area contributed by atoms with Crippen LogP contribution in [-0.4, -0.2) is 22.0 Å². The van der Waals surface area contributed by atoms with Crippen LogP contribution in [0, 0.1) is 15.9 Å². The van der Waals surface area contributed by atoms with E-state index in [2.05, 4.69) is 5.32 Å². The zero-order valence-corrected chi connectivity index (χ0v) is 11.4. The predicted molar refractivity (Wildman–Crippen MR) is 72.6 cm³/mol. The number of nitrogens with one attached hydrogen (secondary N) is 1. The van der Waals surface area contributed by atoms with E-state index in [1.165, 1.54) is 0 Å². The maximum atomic E-state index is 13.6. The first-order valence-corrected chi connectivity index (χ1v) is 6.38. The molecule has 0 radical (unpaired) electrons. The molecule has 0 amide bonds. The number of benzene rings is 1. The maximum Gasteiger partial charge on any atom is 0.338 e. The number of nitro groups is 1. The third-order valence-corrected chi connectivity index (χ3v) is 3.00. The average molecular weight is 284 g/mol. The summed E-state index contributed by atoms with van der Waals surface area (Å²) in [6.45, 7) is 3.90. The highest BCUT2D eigenvalue weighted by molar-refractivity contribution is 5.90. The summed E-state index contributed by atoms with van der Waals surface area (Å²) >= 11 is 0. The molecule has 0 fully saturated rings. The molecule has 0 aromatic heterocycles. The summed E-state index contributed by atoms with van der Waals surface area (Å²) in [7, 11) is 0. The maximum absolute atomic E-state index is 13.6. The second-order valence-corrected chi connectivity index (χ2v) is 4.45. The van der Waals surface area contributed by atoms with E-state index >= 15 is 0 Å². The number of aromatic carboxylic acids is 1. The molecule has 0 spiro atoms. The second-order valence-electron chi connectivity index (χ2n) is 4.45. The molecule has 0 aliphatic rings. The fraction of sp³-hybridized carbons (Fsp3) is 0.462. The van der Waals surface area contributed by atoms with E-state index in [0.717, 1.165) is 31.4 Å². The summed E-state index contributed by atoms with van der Waals surface area (Å²) in [4.78, 5) is 21.1. The van der Waals surface area contributed by atoms with Gasteiger partial charge in [-0.2, -0.15) is 0 Å². The number of nitrogens with zero attached hydrogens (tertiary/aromatic N) is 1. The topological polar surface area (TPSA) is 92.5 Å². The van der Waals surface area contributed by atoms with Crippen molar-refractivity contribution in [2.24, 2.45) is 0 Å². The molecule has 6 nitrogen and oxygen atoms in total. The Kier molecular flexibility index (Phi) is 5.42. The smallest absolute Gasteiger partial charge is 0.338 e. The molecule has 1 unspecified atom stereocenters. The van der Waals surface area contributed by atoms with Crippen LogP contribution in [0.1, 0.15) is 43.5 Å². The molecule has 1 aromatic carbocycles. The summed E-state index contributed by atoms with van der Waals surface area (Å²) < 4.78 is 13.6. The third kappa shape index (κ3) is 3.66. The Morgan fingerprint density at radius 2 is 2.15 bits per heavy atom. The molecule has 1 rings (SSSR count). The van der Waals surface area contributed by atoms with Gasteiger partial charge in [-0.05, 0) is 12.8 Å². The van der Waals surface area contributed by atoms with Crippen molar-refractivity contribution in [3.8, 4) is 0 Å². The van der Waals surface area contributed by atoms with Crippen molar-refractivity contribution < 1.29 is 19.2 Å². The van der Waals surface area contributed by atoms with Crippen molar-refractivity contribution in [3.05, 3.63) is 33.6 Å². The molecule has 0 bridgehead atoms. The molecule has 7 heteroatoms. The van der Waals surface area contributed by atoms with Crippen molar-refractivity contribution in [2.45, 2.75) is 39.2 Å². The number of rotatable bonds is 7. The van der Waals surface area contributed by atoms with Gasteiger partial charge in [0, 0.05) is 18.2 Å². The number of halogens is 1. The van der Waals surface area contributed by atoms with Crippen LogP contribution in [0.5, 0.6) is 0 Å². The lowest BCUT2D eigenvalue weighted by molar-refractivity contribution is -0.384. The van der Waals surface area contributed by atoms with Crippen LogP contribution in [0.15, 0.2) is 12.1 Å². The standard InChI is InChI=1S/C13H17FN2O4/c1-3-5-8(4-2)15-11-7-10(14)9(13(17)18)6-12(11)16(19)20/h6-8,15H,3-5H2,1-2H3,(H,17,18). The minimum atomic E-state index is -1.53. The molecule has 2 N–H and O–H groups in total. The number of nitro benzene ring substituents is 1. The number of hydrogen-bond acceptors (Lipinski definition) is 4. The van der Waals surface area contributed by atoms with Crippen LogP contribution in [0.3, 0.4) is 0 Å². The average Bonchev–Trinajstić information content (AvgIpc) is 2.37. The molecule has 0 heterocycles. The molecule has 110 valence electrons. The lowest BCUT2D eigenvalue weighted by atomic mass is 10.1. The van der Waals surface area contributed by atoms with E-state index in [1.54, 1.807) is 0 Å². The molecule has 0 aliphatic heterocycles. The molecular formula is C13H17FN2O4. The first-order chi connectivity index (χ1) is 9.40. The van der Waals surface area contributed by atoms with Crippen LogP contribution in [0.4, 0.5) is 15.8 Å². The van der Waals surface area contributed by atoms with E-state index in [0.29, 0.717) is 0 Å². The van der Waals surface area contributed by atoms with Crippen molar-refractivity contribution >= 4 is 17.3 Å². The quantitative estimate of drug-likeness (QED) is 0.591. The lowest BCUT2D eigenvalue weighted by Gasteiger charge is -2.17. The summed E-state index contributed by atoms with van der Waals surface area (Å²) in [6.07, 6.45) is 2.40. The molecule has 1 atom stereocenters. The van der Waals surface area contributed by atoms with Gasteiger partial charge in [-0.1, -0.05) is 20.3 Å². The zero-order valence-electron chi connectivity index (χ0n) is 11.4. The highest BCUT2D eigenvalue weighted by Crippen LogP contribution is 2.29. The van der Waals surface area contributed by atoms with Gasteiger partial charge in [0.25, 0.3) is 5.69 Å².